The van der Waals surface area contributed by atoms with Gasteiger partial charge in [-0.25, -0.2) is 0 Å². The van der Waals surface area contributed by atoms with E-state index >= 15 is 0 Å². The molecule has 152 valence electrons. The molecule has 0 aliphatic carbocycles. The monoisotopic (exact) mass is 412 g/mol. The van der Waals surface area contributed by atoms with Crippen LogP contribution in [0.4, 0.5) is 0 Å². The van der Waals surface area contributed by atoms with Gasteiger partial charge in [-0.3, -0.25) is 4.79 Å². The summed E-state index contributed by atoms with van der Waals surface area (Å²) in [5, 5.41) is 10.7. The van der Waals surface area contributed by atoms with Crippen LogP contribution in [-0.4, -0.2) is 43.8 Å². The zero-order chi connectivity index (χ0) is 20.5. The molecule has 1 fully saturated rings. The highest BCUT2D eigenvalue weighted by Crippen LogP contribution is 2.28. The lowest BCUT2D eigenvalue weighted by Crippen LogP contribution is -2.35. The molecule has 1 aliphatic heterocycles. The lowest BCUT2D eigenvalue weighted by Gasteiger charge is -2.23. The van der Waals surface area contributed by atoms with Gasteiger partial charge in [0.2, 0.25) is 5.91 Å². The number of nitrogens with zero attached hydrogens (tertiary/aromatic N) is 2. The molecule has 1 saturated heterocycles. The van der Waals surface area contributed by atoms with Gasteiger partial charge in [0.15, 0.2) is 18.1 Å². The molecule has 0 radical (unpaired) electrons. The fourth-order valence-corrected chi connectivity index (χ4v) is 3.87. The second-order valence-corrected chi connectivity index (χ2v) is 7.66. The summed E-state index contributed by atoms with van der Waals surface area (Å²) in [5.41, 5.74) is 0.813. The summed E-state index contributed by atoms with van der Waals surface area (Å²) in [5.74, 6) is 0.956. The van der Waals surface area contributed by atoms with Gasteiger partial charge in [0.25, 0.3) is 0 Å². The predicted octanol–water partition coefficient (Wildman–Crippen LogP) is 3.88. The smallest absolute Gasteiger partial charge is 0.246 e. The van der Waals surface area contributed by atoms with Crippen molar-refractivity contribution in [2.75, 3.05) is 26.9 Å². The number of hydrogen-bond acceptors (Lipinski definition) is 6. The second kappa shape index (κ2) is 10.6. The van der Waals surface area contributed by atoms with Crippen molar-refractivity contribution in [3.63, 3.8) is 0 Å². The van der Waals surface area contributed by atoms with E-state index in [2.05, 4.69) is 0 Å². The van der Waals surface area contributed by atoms with Crippen molar-refractivity contribution in [3.8, 4) is 17.6 Å². The average molecular weight is 413 g/mol. The molecule has 1 atom stereocenters. The summed E-state index contributed by atoms with van der Waals surface area (Å²) in [6, 6.07) is 11.3. The van der Waals surface area contributed by atoms with Crippen molar-refractivity contribution < 1.29 is 19.0 Å². The zero-order valence-corrected chi connectivity index (χ0v) is 17.2. The highest BCUT2D eigenvalue weighted by Gasteiger charge is 2.22. The van der Waals surface area contributed by atoms with Crippen molar-refractivity contribution in [1.29, 1.82) is 5.26 Å². The Morgan fingerprint density at radius 1 is 1.41 bits per heavy atom. The van der Waals surface area contributed by atoms with Gasteiger partial charge in [0.05, 0.1) is 19.8 Å². The molecule has 1 amide bonds. The van der Waals surface area contributed by atoms with Crippen molar-refractivity contribution in [1.82, 2.24) is 4.90 Å². The number of methoxy groups -OCH3 is 1. The Kier molecular flexibility index (Phi) is 7.68. The van der Waals surface area contributed by atoms with Crippen LogP contribution in [0.25, 0.3) is 6.08 Å². The van der Waals surface area contributed by atoms with Crippen molar-refractivity contribution in [2.45, 2.75) is 25.5 Å². The first kappa shape index (κ1) is 20.9. The normalized spacial score (nSPS) is 15.9. The molecular weight excluding hydrogens is 388 g/mol. The summed E-state index contributed by atoms with van der Waals surface area (Å²) < 4.78 is 16.4. The third kappa shape index (κ3) is 6.08. The van der Waals surface area contributed by atoms with E-state index in [1.54, 1.807) is 35.6 Å². The van der Waals surface area contributed by atoms with E-state index < -0.39 is 0 Å². The fourth-order valence-electron chi connectivity index (χ4n) is 3.15. The largest absolute Gasteiger partial charge is 0.493 e. The second-order valence-electron chi connectivity index (χ2n) is 6.62. The summed E-state index contributed by atoms with van der Waals surface area (Å²) in [4.78, 5) is 15.9. The van der Waals surface area contributed by atoms with E-state index in [-0.39, 0.29) is 18.6 Å². The Labute approximate surface area is 174 Å². The summed E-state index contributed by atoms with van der Waals surface area (Å²) in [6.07, 6.45) is 5.47. The summed E-state index contributed by atoms with van der Waals surface area (Å²) >= 11 is 1.64. The van der Waals surface area contributed by atoms with Gasteiger partial charge in [-0.2, -0.15) is 5.26 Å². The van der Waals surface area contributed by atoms with Crippen LogP contribution >= 0.6 is 11.3 Å². The highest BCUT2D eigenvalue weighted by atomic mass is 32.1. The maximum absolute atomic E-state index is 12.9. The van der Waals surface area contributed by atoms with Gasteiger partial charge in [0, 0.05) is 24.1 Å². The van der Waals surface area contributed by atoms with Gasteiger partial charge >= 0.3 is 0 Å². The first-order valence-electron chi connectivity index (χ1n) is 9.48. The molecule has 1 aliphatic rings. The predicted molar refractivity (Wildman–Crippen MR) is 112 cm³/mol. The molecule has 7 heteroatoms. The minimum Gasteiger partial charge on any atom is -0.493 e. The molecule has 29 heavy (non-hydrogen) atoms. The topological polar surface area (TPSA) is 71.8 Å². The van der Waals surface area contributed by atoms with Crippen LogP contribution < -0.4 is 9.47 Å². The minimum absolute atomic E-state index is 0.0506. The Bertz CT molecular complexity index is 867. The Hall–Kier alpha value is -2.82. The van der Waals surface area contributed by atoms with Crippen LogP contribution in [-0.2, 0) is 16.1 Å². The molecule has 0 spiro atoms. The molecule has 1 aromatic carbocycles. The van der Waals surface area contributed by atoms with Crippen LogP contribution in [0.2, 0.25) is 0 Å². The average Bonchev–Trinajstić information content (AvgIpc) is 3.44. The standard InChI is InChI=1S/C22H24N2O4S/c1-26-21-14-17(6-8-20(21)28-12-10-23)7-9-22(25)24(15-18-4-2-11-27-18)16-19-5-3-13-29-19/h3,5-9,13-14,18H,2,4,11-12,15-16H2,1H3/b9-7+. The van der Waals surface area contributed by atoms with E-state index in [9.17, 15) is 4.79 Å². The minimum atomic E-state index is -0.0577. The molecule has 0 saturated carbocycles. The SMILES string of the molecule is COc1cc(/C=C/C(=O)N(Cc2cccs2)CC2CCCO2)ccc1OCC#N. The molecule has 3 rings (SSSR count). The zero-order valence-electron chi connectivity index (χ0n) is 16.4. The summed E-state index contributed by atoms with van der Waals surface area (Å²) in [7, 11) is 1.54. The van der Waals surface area contributed by atoms with E-state index in [4.69, 9.17) is 19.5 Å². The van der Waals surface area contributed by atoms with Crippen LogP contribution in [0.3, 0.4) is 0 Å². The van der Waals surface area contributed by atoms with Gasteiger partial charge in [0.1, 0.15) is 6.07 Å². The van der Waals surface area contributed by atoms with E-state index in [1.165, 1.54) is 7.11 Å². The van der Waals surface area contributed by atoms with Gasteiger partial charge in [-0.05, 0) is 48.1 Å². The van der Waals surface area contributed by atoms with Crippen LogP contribution in [0, 0.1) is 11.3 Å². The summed E-state index contributed by atoms with van der Waals surface area (Å²) in [6.45, 7) is 1.88. The molecule has 6 nitrogen and oxygen atoms in total. The third-order valence-electron chi connectivity index (χ3n) is 4.58. The van der Waals surface area contributed by atoms with E-state index in [0.717, 1.165) is 29.9 Å². The number of thiophene rings is 1. The number of ether oxygens (including phenoxy) is 3. The number of benzene rings is 1. The van der Waals surface area contributed by atoms with Crippen LogP contribution in [0.15, 0.2) is 41.8 Å². The first-order chi connectivity index (χ1) is 14.2. The van der Waals surface area contributed by atoms with Crippen molar-refractivity contribution in [2.24, 2.45) is 0 Å². The molecule has 1 unspecified atom stereocenters. The van der Waals surface area contributed by atoms with Crippen LogP contribution in [0.5, 0.6) is 11.5 Å². The Balaban J connectivity index is 1.70. The maximum atomic E-state index is 12.9. The maximum Gasteiger partial charge on any atom is 0.246 e. The van der Waals surface area contributed by atoms with Gasteiger partial charge < -0.3 is 19.1 Å². The number of carbonyl (C=O) groups is 1. The first-order valence-corrected chi connectivity index (χ1v) is 10.4. The Morgan fingerprint density at radius 2 is 2.31 bits per heavy atom. The molecule has 0 N–H and O–H groups in total. The van der Waals surface area contributed by atoms with Crippen LogP contribution in [0.1, 0.15) is 23.3 Å². The number of rotatable bonds is 9. The Morgan fingerprint density at radius 3 is 3.00 bits per heavy atom. The highest BCUT2D eigenvalue weighted by molar-refractivity contribution is 7.09. The van der Waals surface area contributed by atoms with Crippen molar-refractivity contribution in [3.05, 3.63) is 52.2 Å². The molecule has 2 aromatic rings. The third-order valence-corrected chi connectivity index (χ3v) is 5.45. The quantitative estimate of drug-likeness (QED) is 0.585. The van der Waals surface area contributed by atoms with Gasteiger partial charge in [-0.15, -0.1) is 11.3 Å². The number of amides is 1. The fraction of sp³-hybridized carbons (Fsp3) is 0.364. The van der Waals surface area contributed by atoms with Gasteiger partial charge in [-0.1, -0.05) is 12.1 Å². The molecular formula is C22H24N2O4S. The lowest BCUT2D eigenvalue weighted by atomic mass is 10.1. The van der Waals surface area contributed by atoms with Crippen molar-refractivity contribution >= 4 is 23.3 Å². The number of hydrogen-bond donors (Lipinski definition) is 0. The van der Waals surface area contributed by atoms with E-state index in [1.807, 2.05) is 34.5 Å². The van der Waals surface area contributed by atoms with E-state index in [0.29, 0.717) is 24.6 Å². The molecule has 0 bridgehead atoms. The number of nitriles is 1. The number of carbonyl (C=O) groups excluding carboxylic acids is 1. The molecule has 1 aromatic heterocycles. The lowest BCUT2D eigenvalue weighted by molar-refractivity contribution is -0.128. The molecule has 2 heterocycles.